The minimum atomic E-state index is -4.95. The fraction of sp³-hybridized carbons (Fsp3) is 0.500. The average Bonchev–Trinajstić information content (AvgIpc) is 2.74. The summed E-state index contributed by atoms with van der Waals surface area (Å²) in [7, 11) is 0. The van der Waals surface area contributed by atoms with E-state index in [-0.39, 0.29) is 24.2 Å². The molecule has 8 heteroatoms. The van der Waals surface area contributed by atoms with E-state index in [1.165, 1.54) is 19.1 Å². The lowest BCUT2D eigenvalue weighted by atomic mass is 9.76. The minimum Gasteiger partial charge on any atom is -0.491 e. The number of halogens is 6. The Morgan fingerprint density at radius 2 is 1.34 bits per heavy atom. The van der Waals surface area contributed by atoms with Crippen molar-refractivity contribution in [3.63, 3.8) is 0 Å². The summed E-state index contributed by atoms with van der Waals surface area (Å²) >= 11 is 0. The molecule has 0 heterocycles. The summed E-state index contributed by atoms with van der Waals surface area (Å²) in [6, 6.07) is 4.74. The van der Waals surface area contributed by atoms with E-state index in [4.69, 9.17) is 9.47 Å². The molecule has 0 radical (unpaired) electrons. The largest absolute Gasteiger partial charge is 0.491 e. The van der Waals surface area contributed by atoms with Gasteiger partial charge in [-0.3, -0.25) is 0 Å². The summed E-state index contributed by atoms with van der Waals surface area (Å²) in [6.07, 6.45) is 2.31. The van der Waals surface area contributed by atoms with Crippen LogP contribution < -0.4 is 4.74 Å². The zero-order chi connectivity index (χ0) is 23.3. The van der Waals surface area contributed by atoms with Crippen molar-refractivity contribution in [2.24, 2.45) is 0 Å². The van der Waals surface area contributed by atoms with E-state index in [9.17, 15) is 13.2 Å². The molecule has 0 amide bonds. The number of ether oxygens (including phenoxy) is 2. The van der Waals surface area contributed by atoms with E-state index in [2.05, 4.69) is 0 Å². The van der Waals surface area contributed by atoms with Gasteiger partial charge in [0.05, 0.1) is 23.8 Å². The molecule has 2 aromatic carbocycles. The zero-order valence-corrected chi connectivity index (χ0v) is 17.8. The summed E-state index contributed by atoms with van der Waals surface area (Å²) in [5.41, 5.74) is -3.73. The Labute approximate surface area is 182 Å². The normalized spacial score (nSPS) is 23.4. The molecule has 0 saturated heterocycles. The molecule has 0 aliphatic heterocycles. The predicted octanol–water partition coefficient (Wildman–Crippen LogP) is 7.29. The third kappa shape index (κ3) is 3.38. The third-order valence-corrected chi connectivity index (χ3v) is 6.41. The van der Waals surface area contributed by atoms with Crippen molar-refractivity contribution in [1.29, 1.82) is 0 Å². The van der Waals surface area contributed by atoms with Gasteiger partial charge in [0.2, 0.25) is 0 Å². The molecule has 0 atom stereocenters. The Kier molecular flexibility index (Phi) is 5.94. The predicted molar refractivity (Wildman–Crippen MR) is 107 cm³/mol. The van der Waals surface area contributed by atoms with Gasteiger partial charge < -0.3 is 9.47 Å². The van der Waals surface area contributed by atoms with Crippen LogP contribution in [0, 0.1) is 11.6 Å². The molecule has 2 aromatic rings. The fourth-order valence-corrected chi connectivity index (χ4v) is 4.88. The minimum absolute atomic E-state index is 0.0102. The SMILES string of the molecule is CCOc1ccc2c(c1F)C(F)(F)C(F)(F)c1c-2ccc(C2CCC(OCC)CC2)c1F. The van der Waals surface area contributed by atoms with Crippen molar-refractivity contribution < 1.29 is 35.8 Å². The first-order chi connectivity index (χ1) is 15.1. The van der Waals surface area contributed by atoms with Crippen molar-refractivity contribution in [3.8, 4) is 16.9 Å². The Morgan fingerprint density at radius 3 is 1.91 bits per heavy atom. The van der Waals surface area contributed by atoms with Crippen LogP contribution in [0.15, 0.2) is 24.3 Å². The second-order valence-corrected chi connectivity index (χ2v) is 8.20. The second kappa shape index (κ2) is 8.28. The molecular formula is C24H24F6O2. The van der Waals surface area contributed by atoms with Gasteiger partial charge in [0.1, 0.15) is 5.82 Å². The molecule has 2 aliphatic carbocycles. The molecule has 0 unspecified atom stereocenters. The molecule has 174 valence electrons. The maximum absolute atomic E-state index is 15.5. The molecule has 4 rings (SSSR count). The lowest BCUT2D eigenvalue weighted by Crippen LogP contribution is -2.41. The van der Waals surface area contributed by atoms with Crippen LogP contribution in [0.1, 0.15) is 62.1 Å². The molecule has 1 saturated carbocycles. The van der Waals surface area contributed by atoms with Gasteiger partial charge in [-0.25, -0.2) is 8.78 Å². The average molecular weight is 458 g/mol. The van der Waals surface area contributed by atoms with Gasteiger partial charge in [-0.05, 0) is 74.3 Å². The number of fused-ring (bicyclic) bond motifs is 3. The fourth-order valence-electron chi connectivity index (χ4n) is 4.88. The van der Waals surface area contributed by atoms with Crippen molar-refractivity contribution in [1.82, 2.24) is 0 Å². The summed E-state index contributed by atoms with van der Waals surface area (Å²) in [5, 5.41) is 0. The highest BCUT2D eigenvalue weighted by Crippen LogP contribution is 2.60. The van der Waals surface area contributed by atoms with Crippen LogP contribution in [0.25, 0.3) is 11.1 Å². The molecule has 2 nitrogen and oxygen atoms in total. The first-order valence-electron chi connectivity index (χ1n) is 10.8. The Hall–Kier alpha value is -2.22. The third-order valence-electron chi connectivity index (χ3n) is 6.41. The molecule has 1 fully saturated rings. The summed E-state index contributed by atoms with van der Waals surface area (Å²) in [6.45, 7) is 3.90. The van der Waals surface area contributed by atoms with Crippen LogP contribution in [-0.2, 0) is 16.6 Å². The molecule has 0 N–H and O–H groups in total. The maximum Gasteiger partial charge on any atom is 0.343 e. The van der Waals surface area contributed by atoms with E-state index in [0.29, 0.717) is 32.3 Å². The van der Waals surface area contributed by atoms with E-state index in [0.717, 1.165) is 12.1 Å². The first kappa shape index (κ1) is 23.0. The molecular weight excluding hydrogens is 434 g/mol. The standard InChI is InChI=1S/C24H24F6O2/c1-3-31-14-7-5-13(6-8-14)15-9-10-16-17-11-12-18(32-4-2)22(26)20(17)24(29,30)23(27,28)19(16)21(15)25/h9-14H,3-8H2,1-2H3. The maximum atomic E-state index is 15.5. The van der Waals surface area contributed by atoms with Gasteiger partial charge in [0.25, 0.3) is 0 Å². The van der Waals surface area contributed by atoms with Crippen LogP contribution >= 0.6 is 0 Å². The van der Waals surface area contributed by atoms with E-state index in [1.54, 1.807) is 0 Å². The summed E-state index contributed by atoms with van der Waals surface area (Å²) in [4.78, 5) is 0. The van der Waals surface area contributed by atoms with Crippen molar-refractivity contribution in [2.75, 3.05) is 13.2 Å². The molecule has 0 bridgehead atoms. The highest BCUT2D eigenvalue weighted by atomic mass is 19.3. The van der Waals surface area contributed by atoms with Crippen LogP contribution in [0.2, 0.25) is 0 Å². The lowest BCUT2D eigenvalue weighted by Gasteiger charge is -2.36. The summed E-state index contributed by atoms with van der Waals surface area (Å²) < 4.78 is 101. The number of hydrogen-bond donors (Lipinski definition) is 0. The molecule has 2 aliphatic rings. The highest BCUT2D eigenvalue weighted by Gasteiger charge is 2.65. The Morgan fingerprint density at radius 1 is 0.781 bits per heavy atom. The quantitative estimate of drug-likeness (QED) is 0.438. The van der Waals surface area contributed by atoms with E-state index >= 15 is 13.2 Å². The zero-order valence-electron chi connectivity index (χ0n) is 17.8. The van der Waals surface area contributed by atoms with Gasteiger partial charge in [-0.2, -0.15) is 17.6 Å². The van der Waals surface area contributed by atoms with Crippen LogP contribution in [0.4, 0.5) is 26.3 Å². The number of hydrogen-bond acceptors (Lipinski definition) is 2. The van der Waals surface area contributed by atoms with Gasteiger partial charge in [0.15, 0.2) is 11.6 Å². The smallest absolute Gasteiger partial charge is 0.343 e. The van der Waals surface area contributed by atoms with Crippen molar-refractivity contribution >= 4 is 0 Å². The first-order valence-corrected chi connectivity index (χ1v) is 10.8. The van der Waals surface area contributed by atoms with Gasteiger partial charge in [-0.15, -0.1) is 0 Å². The van der Waals surface area contributed by atoms with Crippen LogP contribution in [0.3, 0.4) is 0 Å². The van der Waals surface area contributed by atoms with Gasteiger partial charge >= 0.3 is 11.8 Å². The number of rotatable bonds is 5. The van der Waals surface area contributed by atoms with Crippen LogP contribution in [-0.4, -0.2) is 19.3 Å². The lowest BCUT2D eigenvalue weighted by molar-refractivity contribution is -0.228. The van der Waals surface area contributed by atoms with Crippen molar-refractivity contribution in [3.05, 3.63) is 52.6 Å². The van der Waals surface area contributed by atoms with Gasteiger partial charge in [-0.1, -0.05) is 12.1 Å². The Bertz CT molecular complexity index is 1010. The Balaban J connectivity index is 1.83. The molecule has 0 aromatic heterocycles. The second-order valence-electron chi connectivity index (χ2n) is 8.20. The number of benzene rings is 2. The van der Waals surface area contributed by atoms with E-state index < -0.39 is 51.5 Å². The van der Waals surface area contributed by atoms with E-state index in [1.807, 2.05) is 6.92 Å². The monoisotopic (exact) mass is 458 g/mol. The van der Waals surface area contributed by atoms with Crippen LogP contribution in [0.5, 0.6) is 5.75 Å². The number of alkyl halides is 4. The topological polar surface area (TPSA) is 18.5 Å². The molecule has 32 heavy (non-hydrogen) atoms. The highest BCUT2D eigenvalue weighted by molar-refractivity contribution is 5.77. The van der Waals surface area contributed by atoms with Gasteiger partial charge in [0, 0.05) is 6.61 Å². The molecule has 0 spiro atoms. The van der Waals surface area contributed by atoms with Crippen molar-refractivity contribution in [2.45, 2.75) is 63.4 Å². The summed E-state index contributed by atoms with van der Waals surface area (Å²) in [5.74, 6) is -13.7.